The van der Waals surface area contributed by atoms with Crippen LogP contribution in [0, 0.1) is 0 Å². The molecule has 3 aromatic carbocycles. The lowest BCUT2D eigenvalue weighted by Crippen LogP contribution is -2.10. The summed E-state index contributed by atoms with van der Waals surface area (Å²) in [7, 11) is 4.14. The van der Waals surface area contributed by atoms with Crippen LogP contribution in [0.25, 0.3) is 22.0 Å². The average molecular weight is 480 g/mol. The highest BCUT2D eigenvalue weighted by molar-refractivity contribution is 6.37. The van der Waals surface area contributed by atoms with Gasteiger partial charge in [0.05, 0.1) is 21.2 Å². The fourth-order valence-corrected chi connectivity index (χ4v) is 4.44. The molecule has 0 spiro atoms. The van der Waals surface area contributed by atoms with Gasteiger partial charge in [-0.2, -0.15) is 0 Å². The molecule has 0 saturated carbocycles. The van der Waals surface area contributed by atoms with E-state index in [9.17, 15) is 5.11 Å². The van der Waals surface area contributed by atoms with Gasteiger partial charge in [-0.15, -0.1) is 0 Å². The van der Waals surface area contributed by atoms with Crippen molar-refractivity contribution in [3.05, 3.63) is 82.0 Å². The number of fused-ring (bicyclic) bond motifs is 1. The van der Waals surface area contributed by atoms with Crippen molar-refractivity contribution in [1.29, 1.82) is 0 Å². The lowest BCUT2D eigenvalue weighted by molar-refractivity contribution is 0.402. The molecule has 1 aromatic heterocycles. The van der Waals surface area contributed by atoms with E-state index in [-0.39, 0.29) is 15.8 Å². The summed E-state index contributed by atoms with van der Waals surface area (Å²) >= 11 is 12.3. The second-order valence-electron chi connectivity index (χ2n) is 8.49. The Morgan fingerprint density at radius 3 is 2.27 bits per heavy atom. The van der Waals surface area contributed by atoms with Crippen molar-refractivity contribution >= 4 is 45.5 Å². The topological polar surface area (TPSA) is 48.4 Å². The normalized spacial score (nSPS) is 11.3. The summed E-state index contributed by atoms with van der Waals surface area (Å²) in [6, 6.07) is 18.1. The molecule has 4 rings (SSSR count). The van der Waals surface area contributed by atoms with Crippen LogP contribution >= 0.6 is 23.2 Å². The zero-order valence-electron chi connectivity index (χ0n) is 19.0. The number of hydrogen-bond donors (Lipinski definition) is 2. The number of hydrogen-bond acceptors (Lipinski definition) is 4. The highest BCUT2D eigenvalue weighted by atomic mass is 35.5. The van der Waals surface area contributed by atoms with E-state index >= 15 is 0 Å². The number of pyridine rings is 1. The Balaban J connectivity index is 1.79. The Hall–Kier alpha value is -2.79. The number of phenolic OH excluding ortho intramolecular Hbond substituents is 1. The van der Waals surface area contributed by atoms with Gasteiger partial charge in [-0.3, -0.25) is 4.98 Å². The van der Waals surface area contributed by atoms with Crippen LogP contribution in [0.3, 0.4) is 0 Å². The monoisotopic (exact) mass is 479 g/mol. The highest BCUT2D eigenvalue weighted by Crippen LogP contribution is 2.38. The summed E-state index contributed by atoms with van der Waals surface area (Å²) in [5.74, 6) is -0.102. The van der Waals surface area contributed by atoms with E-state index < -0.39 is 0 Å². The van der Waals surface area contributed by atoms with Crippen molar-refractivity contribution in [3.63, 3.8) is 0 Å². The van der Waals surface area contributed by atoms with E-state index in [0.29, 0.717) is 0 Å². The Morgan fingerprint density at radius 2 is 1.64 bits per heavy atom. The molecule has 0 saturated heterocycles. The molecule has 33 heavy (non-hydrogen) atoms. The van der Waals surface area contributed by atoms with Crippen LogP contribution in [0.2, 0.25) is 10.0 Å². The van der Waals surface area contributed by atoms with Crippen LogP contribution in [0.15, 0.2) is 60.8 Å². The van der Waals surface area contributed by atoms with E-state index in [0.717, 1.165) is 52.8 Å². The summed E-state index contributed by atoms with van der Waals surface area (Å²) in [5.41, 5.74) is 7.21. The number of nitrogens with zero attached hydrogens (tertiary/aromatic N) is 2. The van der Waals surface area contributed by atoms with Gasteiger partial charge in [-0.05, 0) is 79.2 Å². The fourth-order valence-electron chi connectivity index (χ4n) is 3.96. The summed E-state index contributed by atoms with van der Waals surface area (Å²) in [6.07, 6.45) is 3.90. The van der Waals surface area contributed by atoms with Gasteiger partial charge >= 0.3 is 0 Å². The first-order valence-electron chi connectivity index (χ1n) is 11.0. The maximum Gasteiger partial charge on any atom is 0.152 e. The molecule has 0 aliphatic carbocycles. The van der Waals surface area contributed by atoms with Gasteiger partial charge < -0.3 is 15.3 Å². The van der Waals surface area contributed by atoms with Crippen LogP contribution in [0.4, 0.5) is 11.4 Å². The molecular weight excluding hydrogens is 453 g/mol. The van der Waals surface area contributed by atoms with E-state index in [1.54, 1.807) is 12.1 Å². The van der Waals surface area contributed by atoms with Crippen LogP contribution in [-0.2, 0) is 13.0 Å². The summed E-state index contributed by atoms with van der Waals surface area (Å²) in [5, 5.41) is 15.1. The molecular formula is C27H27Cl2N3O. The van der Waals surface area contributed by atoms with Gasteiger partial charge in [0.15, 0.2) is 5.75 Å². The zero-order chi connectivity index (χ0) is 23.5. The third-order valence-corrected chi connectivity index (χ3v) is 6.11. The first-order chi connectivity index (χ1) is 15.9. The lowest BCUT2D eigenvalue weighted by atomic mass is 9.99. The molecule has 2 N–H and O–H groups in total. The molecule has 0 radical (unpaired) electrons. The number of halogens is 2. The minimum absolute atomic E-state index is 0.102. The van der Waals surface area contributed by atoms with Crippen molar-refractivity contribution in [2.45, 2.75) is 26.3 Å². The Morgan fingerprint density at radius 1 is 0.939 bits per heavy atom. The van der Waals surface area contributed by atoms with E-state index in [1.807, 2.05) is 18.3 Å². The molecule has 0 aliphatic rings. The maximum absolute atomic E-state index is 9.93. The van der Waals surface area contributed by atoms with Gasteiger partial charge in [0, 0.05) is 23.8 Å². The summed E-state index contributed by atoms with van der Waals surface area (Å²) in [4.78, 5) is 6.85. The second-order valence-corrected chi connectivity index (χ2v) is 9.30. The van der Waals surface area contributed by atoms with Crippen molar-refractivity contribution < 1.29 is 5.11 Å². The minimum atomic E-state index is -0.102. The third kappa shape index (κ3) is 5.25. The quantitative estimate of drug-likeness (QED) is 0.285. The largest absolute Gasteiger partial charge is 0.505 e. The number of nitrogens with one attached hydrogen (secondary N) is 1. The van der Waals surface area contributed by atoms with Crippen molar-refractivity contribution in [2.75, 3.05) is 19.4 Å². The second kappa shape index (κ2) is 10.0. The molecule has 4 aromatic rings. The van der Waals surface area contributed by atoms with Gasteiger partial charge in [0.1, 0.15) is 0 Å². The fraction of sp³-hybridized carbons (Fsp3) is 0.222. The van der Waals surface area contributed by atoms with E-state index in [4.69, 9.17) is 28.2 Å². The average Bonchev–Trinajstić information content (AvgIpc) is 2.79. The van der Waals surface area contributed by atoms with Crippen LogP contribution < -0.4 is 5.32 Å². The highest BCUT2D eigenvalue weighted by Gasteiger charge is 2.13. The SMILES string of the molecule is CCCc1cnc2ccc(-c3cc(Cl)c(O)c(Cl)c3)cc2c1Nc1ccc(CN(C)C)cc1. The minimum Gasteiger partial charge on any atom is -0.505 e. The molecule has 1 heterocycles. The Kier molecular flexibility index (Phi) is 7.08. The number of phenols is 1. The first kappa shape index (κ1) is 23.4. The zero-order valence-corrected chi connectivity index (χ0v) is 20.5. The van der Waals surface area contributed by atoms with Gasteiger partial charge in [-0.1, -0.05) is 54.7 Å². The van der Waals surface area contributed by atoms with Crippen LogP contribution in [0.5, 0.6) is 5.75 Å². The molecule has 0 bridgehead atoms. The van der Waals surface area contributed by atoms with Crippen molar-refractivity contribution in [1.82, 2.24) is 9.88 Å². The number of aromatic hydroxyl groups is 1. The van der Waals surface area contributed by atoms with E-state index in [1.165, 1.54) is 11.1 Å². The smallest absolute Gasteiger partial charge is 0.152 e. The predicted molar refractivity (Wildman–Crippen MR) is 140 cm³/mol. The predicted octanol–water partition coefficient (Wildman–Crippen LogP) is 7.67. The number of rotatable bonds is 7. The van der Waals surface area contributed by atoms with Crippen LogP contribution in [0.1, 0.15) is 24.5 Å². The molecule has 0 aliphatic heterocycles. The summed E-state index contributed by atoms with van der Waals surface area (Å²) in [6.45, 7) is 3.07. The number of anilines is 2. The molecule has 0 fully saturated rings. The molecule has 4 nitrogen and oxygen atoms in total. The molecule has 6 heteroatoms. The number of benzene rings is 3. The number of aromatic nitrogens is 1. The Labute approximate surface area is 204 Å². The third-order valence-electron chi connectivity index (χ3n) is 5.54. The lowest BCUT2D eigenvalue weighted by Gasteiger charge is -2.16. The molecule has 0 unspecified atom stereocenters. The first-order valence-corrected chi connectivity index (χ1v) is 11.7. The van der Waals surface area contributed by atoms with Gasteiger partial charge in [0.2, 0.25) is 0 Å². The van der Waals surface area contributed by atoms with Gasteiger partial charge in [0.25, 0.3) is 0 Å². The molecule has 0 amide bonds. The van der Waals surface area contributed by atoms with Crippen LogP contribution in [-0.4, -0.2) is 29.1 Å². The Bertz CT molecular complexity index is 1260. The standard InChI is InChI=1S/C27H27Cl2N3O/c1-4-5-19-15-30-25-11-8-18(20-13-23(28)27(33)24(29)14-20)12-22(25)26(19)31-21-9-6-17(7-10-21)16-32(2)3/h6-15,33H,4-5,16H2,1-3H3,(H,30,31). The van der Waals surface area contributed by atoms with Crippen molar-refractivity contribution in [3.8, 4) is 16.9 Å². The van der Waals surface area contributed by atoms with Gasteiger partial charge in [-0.25, -0.2) is 0 Å². The van der Waals surface area contributed by atoms with Crippen molar-refractivity contribution in [2.24, 2.45) is 0 Å². The molecule has 0 atom stereocenters. The maximum atomic E-state index is 9.93. The molecule has 170 valence electrons. The summed E-state index contributed by atoms with van der Waals surface area (Å²) < 4.78 is 0. The number of aryl methyl sites for hydroxylation is 1. The van der Waals surface area contributed by atoms with E-state index in [2.05, 4.69) is 61.6 Å².